The second-order valence-electron chi connectivity index (χ2n) is 3.96. The van der Waals surface area contributed by atoms with Gasteiger partial charge >= 0.3 is 0 Å². The van der Waals surface area contributed by atoms with E-state index in [9.17, 15) is 4.79 Å². The minimum atomic E-state index is -0.638. The van der Waals surface area contributed by atoms with Gasteiger partial charge in [-0.15, -0.1) is 11.6 Å². The summed E-state index contributed by atoms with van der Waals surface area (Å²) in [6, 6.07) is 16.6. The summed E-state index contributed by atoms with van der Waals surface area (Å²) < 4.78 is 0. The Morgan fingerprint density at radius 1 is 1.06 bits per heavy atom. The molecule has 0 amide bonds. The van der Waals surface area contributed by atoms with Gasteiger partial charge < -0.3 is 0 Å². The van der Waals surface area contributed by atoms with E-state index in [-0.39, 0.29) is 5.78 Å². The summed E-state index contributed by atoms with van der Waals surface area (Å²) in [6.07, 6.45) is 1.74. The monoisotopic (exact) mass is 256 g/mol. The standard InChI is InChI=1S/C16H13ClO/c1-2-12-8-10-14(11-9-12)16(18)15(17)13-6-4-3-5-7-13/h2-11,15H,1H2. The number of ketones is 1. The second kappa shape index (κ2) is 5.65. The van der Waals surface area contributed by atoms with Crippen LogP contribution in [0.3, 0.4) is 0 Å². The lowest BCUT2D eigenvalue weighted by molar-refractivity contribution is 0.0987. The molecule has 1 nitrogen and oxygen atoms in total. The second-order valence-corrected chi connectivity index (χ2v) is 4.40. The van der Waals surface area contributed by atoms with Gasteiger partial charge in [0.15, 0.2) is 5.78 Å². The lowest BCUT2D eigenvalue weighted by Gasteiger charge is -2.09. The molecule has 2 rings (SSSR count). The van der Waals surface area contributed by atoms with Crippen molar-refractivity contribution in [2.75, 3.05) is 0 Å². The van der Waals surface area contributed by atoms with Crippen LogP contribution >= 0.6 is 11.6 Å². The highest BCUT2D eigenvalue weighted by molar-refractivity contribution is 6.33. The molecule has 0 spiro atoms. The lowest BCUT2D eigenvalue weighted by atomic mass is 10.0. The molecule has 1 atom stereocenters. The summed E-state index contributed by atoms with van der Waals surface area (Å²) in [4.78, 5) is 12.2. The maximum Gasteiger partial charge on any atom is 0.185 e. The zero-order chi connectivity index (χ0) is 13.0. The average molecular weight is 257 g/mol. The van der Waals surface area contributed by atoms with Gasteiger partial charge in [-0.3, -0.25) is 4.79 Å². The highest BCUT2D eigenvalue weighted by Crippen LogP contribution is 2.24. The van der Waals surface area contributed by atoms with Crippen molar-refractivity contribution in [3.8, 4) is 0 Å². The number of Topliss-reactive ketones (excluding diaryl/α,β-unsaturated/α-hetero) is 1. The van der Waals surface area contributed by atoms with Crippen molar-refractivity contribution in [1.29, 1.82) is 0 Å². The van der Waals surface area contributed by atoms with Crippen molar-refractivity contribution < 1.29 is 4.79 Å². The van der Waals surface area contributed by atoms with Crippen LogP contribution in [0.15, 0.2) is 61.2 Å². The van der Waals surface area contributed by atoms with E-state index in [0.717, 1.165) is 11.1 Å². The van der Waals surface area contributed by atoms with Crippen molar-refractivity contribution in [2.45, 2.75) is 5.38 Å². The molecule has 0 radical (unpaired) electrons. The van der Waals surface area contributed by atoms with E-state index in [0.29, 0.717) is 5.56 Å². The fraction of sp³-hybridized carbons (Fsp3) is 0.0625. The molecule has 0 N–H and O–H groups in total. The largest absolute Gasteiger partial charge is 0.292 e. The molecule has 0 saturated carbocycles. The van der Waals surface area contributed by atoms with E-state index >= 15 is 0 Å². The van der Waals surface area contributed by atoms with Crippen LogP contribution in [0.5, 0.6) is 0 Å². The van der Waals surface area contributed by atoms with Gasteiger partial charge in [0.25, 0.3) is 0 Å². The summed E-state index contributed by atoms with van der Waals surface area (Å²) in [7, 11) is 0. The van der Waals surface area contributed by atoms with E-state index < -0.39 is 5.38 Å². The molecule has 0 bridgehead atoms. The van der Waals surface area contributed by atoms with Crippen molar-refractivity contribution in [3.63, 3.8) is 0 Å². The predicted molar refractivity (Wildman–Crippen MR) is 75.9 cm³/mol. The minimum Gasteiger partial charge on any atom is -0.292 e. The maximum absolute atomic E-state index is 12.2. The fourth-order valence-electron chi connectivity index (χ4n) is 1.70. The summed E-state index contributed by atoms with van der Waals surface area (Å²) in [5.41, 5.74) is 2.42. The Hall–Kier alpha value is -1.86. The van der Waals surface area contributed by atoms with Gasteiger partial charge in [0.1, 0.15) is 5.38 Å². The summed E-state index contributed by atoms with van der Waals surface area (Å²) in [6.45, 7) is 3.68. The van der Waals surface area contributed by atoms with Crippen LogP contribution < -0.4 is 0 Å². The summed E-state index contributed by atoms with van der Waals surface area (Å²) in [5.74, 6) is -0.0847. The van der Waals surface area contributed by atoms with Gasteiger partial charge in [0, 0.05) is 5.56 Å². The molecule has 0 aromatic heterocycles. The Morgan fingerprint density at radius 3 is 2.22 bits per heavy atom. The molecule has 0 aliphatic heterocycles. The van der Waals surface area contributed by atoms with Crippen LogP contribution in [0.4, 0.5) is 0 Å². The van der Waals surface area contributed by atoms with Crippen molar-refractivity contribution in [3.05, 3.63) is 77.9 Å². The van der Waals surface area contributed by atoms with Gasteiger partial charge in [0.05, 0.1) is 0 Å². The molecule has 18 heavy (non-hydrogen) atoms. The molecule has 0 aliphatic carbocycles. The Morgan fingerprint density at radius 2 is 1.67 bits per heavy atom. The molecule has 2 aromatic carbocycles. The number of halogens is 1. The van der Waals surface area contributed by atoms with Gasteiger partial charge in [-0.2, -0.15) is 0 Å². The number of hydrogen-bond acceptors (Lipinski definition) is 1. The lowest BCUT2D eigenvalue weighted by Crippen LogP contribution is -2.07. The third-order valence-corrected chi connectivity index (χ3v) is 3.20. The van der Waals surface area contributed by atoms with Gasteiger partial charge in [-0.25, -0.2) is 0 Å². The van der Waals surface area contributed by atoms with Crippen molar-refractivity contribution in [2.24, 2.45) is 0 Å². The smallest absolute Gasteiger partial charge is 0.185 e. The quantitative estimate of drug-likeness (QED) is 0.582. The van der Waals surface area contributed by atoms with E-state index in [1.54, 1.807) is 18.2 Å². The van der Waals surface area contributed by atoms with E-state index in [4.69, 9.17) is 11.6 Å². The molecule has 0 heterocycles. The van der Waals surface area contributed by atoms with E-state index in [2.05, 4.69) is 6.58 Å². The first-order valence-corrected chi connectivity index (χ1v) is 6.12. The highest BCUT2D eigenvalue weighted by atomic mass is 35.5. The van der Waals surface area contributed by atoms with Crippen LogP contribution in [-0.4, -0.2) is 5.78 Å². The summed E-state index contributed by atoms with van der Waals surface area (Å²) >= 11 is 6.20. The third-order valence-electron chi connectivity index (χ3n) is 2.75. The Labute approximate surface area is 112 Å². The van der Waals surface area contributed by atoms with Crippen LogP contribution in [0.2, 0.25) is 0 Å². The fourth-order valence-corrected chi connectivity index (χ4v) is 1.97. The molecule has 0 fully saturated rings. The van der Waals surface area contributed by atoms with Crippen LogP contribution in [0, 0.1) is 0 Å². The SMILES string of the molecule is C=Cc1ccc(C(=O)C(Cl)c2ccccc2)cc1. The van der Waals surface area contributed by atoms with Crippen molar-refractivity contribution in [1.82, 2.24) is 0 Å². The third kappa shape index (κ3) is 2.69. The molecule has 0 saturated heterocycles. The average Bonchev–Trinajstić information content (AvgIpc) is 2.47. The maximum atomic E-state index is 12.2. The van der Waals surface area contributed by atoms with Crippen LogP contribution in [0.1, 0.15) is 26.9 Å². The van der Waals surface area contributed by atoms with E-state index in [1.807, 2.05) is 42.5 Å². The number of hydrogen-bond donors (Lipinski definition) is 0. The Balaban J connectivity index is 2.23. The number of rotatable bonds is 4. The molecular weight excluding hydrogens is 244 g/mol. The number of alkyl halides is 1. The summed E-state index contributed by atoms with van der Waals surface area (Å²) in [5, 5.41) is -0.638. The van der Waals surface area contributed by atoms with Crippen LogP contribution in [-0.2, 0) is 0 Å². The minimum absolute atomic E-state index is 0.0847. The molecule has 2 heteroatoms. The first-order valence-electron chi connectivity index (χ1n) is 5.68. The highest BCUT2D eigenvalue weighted by Gasteiger charge is 2.18. The van der Waals surface area contributed by atoms with Crippen molar-refractivity contribution >= 4 is 23.5 Å². The first kappa shape index (κ1) is 12.6. The normalized spacial score (nSPS) is 11.8. The molecule has 1 unspecified atom stereocenters. The predicted octanol–water partition coefficient (Wildman–Crippen LogP) is 4.49. The van der Waals surface area contributed by atoms with E-state index in [1.165, 1.54) is 0 Å². The number of benzene rings is 2. The number of carbonyl (C=O) groups is 1. The number of carbonyl (C=O) groups excluding carboxylic acids is 1. The first-order chi connectivity index (χ1) is 8.72. The zero-order valence-electron chi connectivity index (χ0n) is 9.84. The Bertz CT molecular complexity index is 543. The molecule has 0 aliphatic rings. The van der Waals surface area contributed by atoms with Crippen LogP contribution in [0.25, 0.3) is 6.08 Å². The zero-order valence-corrected chi connectivity index (χ0v) is 10.6. The Kier molecular flexibility index (Phi) is 3.96. The van der Waals surface area contributed by atoms with Gasteiger partial charge in [-0.1, -0.05) is 67.3 Å². The topological polar surface area (TPSA) is 17.1 Å². The molecular formula is C16H13ClO. The molecule has 2 aromatic rings. The molecule has 90 valence electrons. The van der Waals surface area contributed by atoms with Gasteiger partial charge in [0.2, 0.25) is 0 Å². The van der Waals surface area contributed by atoms with Gasteiger partial charge in [-0.05, 0) is 11.1 Å².